The van der Waals surface area contributed by atoms with Gasteiger partial charge >= 0.3 is 0 Å². The van der Waals surface area contributed by atoms with Gasteiger partial charge in [-0.1, -0.05) is 6.07 Å². The molecule has 0 heterocycles. The van der Waals surface area contributed by atoms with E-state index in [0.29, 0.717) is 0 Å². The van der Waals surface area contributed by atoms with Crippen LogP contribution in [0.5, 0.6) is 5.75 Å². The first-order chi connectivity index (χ1) is 6.19. The number of hydrogen-bond donors (Lipinski definition) is 1. The van der Waals surface area contributed by atoms with E-state index in [1.54, 1.807) is 7.11 Å². The summed E-state index contributed by atoms with van der Waals surface area (Å²) in [6.07, 6.45) is -0.590. The zero-order chi connectivity index (χ0) is 9.84. The lowest BCUT2D eigenvalue weighted by Crippen LogP contribution is -2.01. The average molecular weight is 201 g/mol. The van der Waals surface area contributed by atoms with Crippen LogP contribution < -0.4 is 4.74 Å². The molecule has 2 nitrogen and oxygen atoms in total. The van der Waals surface area contributed by atoms with Gasteiger partial charge in [-0.15, -0.1) is 11.6 Å². The maximum absolute atomic E-state index is 9.50. The molecule has 0 saturated heterocycles. The zero-order valence-electron chi connectivity index (χ0n) is 7.75. The second-order valence-corrected chi connectivity index (χ2v) is 3.20. The molecule has 0 spiro atoms. The predicted octanol–water partition coefficient (Wildman–Crippen LogP) is 2.28. The predicted molar refractivity (Wildman–Crippen MR) is 53.4 cm³/mol. The maximum Gasteiger partial charge on any atom is 0.119 e. The van der Waals surface area contributed by atoms with Gasteiger partial charge in [-0.05, 0) is 30.2 Å². The minimum Gasteiger partial charge on any atom is -0.497 e. The number of ether oxygens (including phenoxy) is 1. The second kappa shape index (κ2) is 4.49. The Kier molecular flexibility index (Phi) is 3.58. The first-order valence-electron chi connectivity index (χ1n) is 4.07. The molecule has 0 radical (unpaired) electrons. The Morgan fingerprint density at radius 3 is 2.69 bits per heavy atom. The molecule has 0 amide bonds. The molecule has 1 aromatic rings. The zero-order valence-corrected chi connectivity index (χ0v) is 8.51. The Hall–Kier alpha value is -0.730. The first kappa shape index (κ1) is 10.4. The van der Waals surface area contributed by atoms with Crippen LogP contribution in [-0.4, -0.2) is 18.1 Å². The van der Waals surface area contributed by atoms with Crippen LogP contribution in [-0.2, 0) is 0 Å². The molecule has 0 aliphatic carbocycles. The van der Waals surface area contributed by atoms with Gasteiger partial charge in [0, 0.05) is 0 Å². The van der Waals surface area contributed by atoms with Gasteiger partial charge in [0.1, 0.15) is 5.75 Å². The molecule has 1 rings (SSSR count). The lowest BCUT2D eigenvalue weighted by atomic mass is 10.0. The number of benzene rings is 1. The van der Waals surface area contributed by atoms with Crippen molar-refractivity contribution in [3.8, 4) is 5.75 Å². The Balaban J connectivity index is 2.98. The number of alkyl halides is 1. The molecule has 0 bridgehead atoms. The van der Waals surface area contributed by atoms with E-state index in [0.717, 1.165) is 16.9 Å². The Bertz CT molecular complexity index is 286. The highest BCUT2D eigenvalue weighted by Gasteiger charge is 2.08. The lowest BCUT2D eigenvalue weighted by Gasteiger charge is -2.11. The fraction of sp³-hybridized carbons (Fsp3) is 0.400. The monoisotopic (exact) mass is 200 g/mol. The molecule has 0 aromatic heterocycles. The Morgan fingerprint density at radius 1 is 1.54 bits per heavy atom. The van der Waals surface area contributed by atoms with Crippen molar-refractivity contribution in [3.63, 3.8) is 0 Å². The molecular formula is C10H13ClO2. The fourth-order valence-corrected chi connectivity index (χ4v) is 1.40. The molecule has 0 aliphatic rings. The van der Waals surface area contributed by atoms with Crippen LogP contribution in [0.15, 0.2) is 18.2 Å². The van der Waals surface area contributed by atoms with Gasteiger partial charge in [0.05, 0.1) is 19.1 Å². The topological polar surface area (TPSA) is 29.5 Å². The number of methoxy groups -OCH3 is 1. The normalized spacial score (nSPS) is 12.6. The third-order valence-corrected chi connectivity index (χ3v) is 2.27. The largest absolute Gasteiger partial charge is 0.497 e. The van der Waals surface area contributed by atoms with E-state index in [4.69, 9.17) is 16.3 Å². The van der Waals surface area contributed by atoms with E-state index in [2.05, 4.69) is 0 Å². The fourth-order valence-electron chi connectivity index (χ4n) is 1.23. The van der Waals surface area contributed by atoms with E-state index in [1.165, 1.54) is 0 Å². The van der Waals surface area contributed by atoms with Crippen molar-refractivity contribution in [1.82, 2.24) is 0 Å². The van der Waals surface area contributed by atoms with Crippen molar-refractivity contribution in [1.29, 1.82) is 0 Å². The number of aryl methyl sites for hydroxylation is 1. The third-order valence-electron chi connectivity index (χ3n) is 1.98. The molecule has 1 N–H and O–H groups in total. The van der Waals surface area contributed by atoms with Crippen molar-refractivity contribution >= 4 is 11.6 Å². The van der Waals surface area contributed by atoms with Crippen molar-refractivity contribution < 1.29 is 9.84 Å². The second-order valence-electron chi connectivity index (χ2n) is 2.89. The summed E-state index contributed by atoms with van der Waals surface area (Å²) in [4.78, 5) is 0. The van der Waals surface area contributed by atoms with E-state index < -0.39 is 6.10 Å². The third kappa shape index (κ3) is 2.36. The number of aliphatic hydroxyl groups is 1. The van der Waals surface area contributed by atoms with Crippen LogP contribution in [0.2, 0.25) is 0 Å². The molecule has 13 heavy (non-hydrogen) atoms. The van der Waals surface area contributed by atoms with Crippen LogP contribution in [0, 0.1) is 6.92 Å². The van der Waals surface area contributed by atoms with Gasteiger partial charge in [0.2, 0.25) is 0 Å². The summed E-state index contributed by atoms with van der Waals surface area (Å²) in [5.41, 5.74) is 1.85. The maximum atomic E-state index is 9.50. The highest BCUT2D eigenvalue weighted by Crippen LogP contribution is 2.22. The molecule has 72 valence electrons. The van der Waals surface area contributed by atoms with Gasteiger partial charge < -0.3 is 9.84 Å². The molecule has 0 aliphatic heterocycles. The van der Waals surface area contributed by atoms with Gasteiger partial charge in [-0.2, -0.15) is 0 Å². The van der Waals surface area contributed by atoms with Crippen LogP contribution in [0.1, 0.15) is 17.2 Å². The van der Waals surface area contributed by atoms with Crippen molar-refractivity contribution in [2.75, 3.05) is 13.0 Å². The summed E-state index contributed by atoms with van der Waals surface area (Å²) in [5, 5.41) is 9.50. The SMILES string of the molecule is COc1ccc(C(O)CCl)c(C)c1. The summed E-state index contributed by atoms with van der Waals surface area (Å²) in [5.74, 6) is 1.01. The summed E-state index contributed by atoms with van der Waals surface area (Å²) in [7, 11) is 1.62. The lowest BCUT2D eigenvalue weighted by molar-refractivity contribution is 0.202. The van der Waals surface area contributed by atoms with Gasteiger partial charge in [0.25, 0.3) is 0 Å². The number of halogens is 1. The molecule has 0 fully saturated rings. The van der Waals surface area contributed by atoms with Crippen LogP contribution in [0.3, 0.4) is 0 Å². The van der Waals surface area contributed by atoms with Crippen molar-refractivity contribution in [2.45, 2.75) is 13.0 Å². The van der Waals surface area contributed by atoms with E-state index in [1.807, 2.05) is 25.1 Å². The van der Waals surface area contributed by atoms with Crippen LogP contribution in [0.4, 0.5) is 0 Å². The van der Waals surface area contributed by atoms with E-state index in [9.17, 15) is 5.11 Å². The molecule has 1 unspecified atom stereocenters. The number of rotatable bonds is 3. The summed E-state index contributed by atoms with van der Waals surface area (Å²) in [6, 6.07) is 5.53. The van der Waals surface area contributed by atoms with Crippen molar-refractivity contribution in [3.05, 3.63) is 29.3 Å². The highest BCUT2D eigenvalue weighted by atomic mass is 35.5. The standard InChI is InChI=1S/C10H13ClO2/c1-7-5-8(13-2)3-4-9(7)10(12)6-11/h3-5,10,12H,6H2,1-2H3. The van der Waals surface area contributed by atoms with E-state index in [-0.39, 0.29) is 5.88 Å². The summed E-state index contributed by atoms with van der Waals surface area (Å²) in [6.45, 7) is 1.92. The minimum atomic E-state index is -0.590. The van der Waals surface area contributed by atoms with Gasteiger partial charge in [-0.25, -0.2) is 0 Å². The van der Waals surface area contributed by atoms with E-state index >= 15 is 0 Å². The van der Waals surface area contributed by atoms with Gasteiger partial charge in [0.15, 0.2) is 0 Å². The minimum absolute atomic E-state index is 0.215. The van der Waals surface area contributed by atoms with Crippen LogP contribution >= 0.6 is 11.6 Å². The van der Waals surface area contributed by atoms with Crippen LogP contribution in [0.25, 0.3) is 0 Å². The Labute approximate surface area is 83.1 Å². The molecule has 0 saturated carbocycles. The molecule has 1 atom stereocenters. The smallest absolute Gasteiger partial charge is 0.119 e. The molecule has 3 heteroatoms. The molecular weight excluding hydrogens is 188 g/mol. The summed E-state index contributed by atoms with van der Waals surface area (Å²) < 4.78 is 5.05. The highest BCUT2D eigenvalue weighted by molar-refractivity contribution is 6.18. The number of hydrogen-bond acceptors (Lipinski definition) is 2. The Morgan fingerprint density at radius 2 is 2.23 bits per heavy atom. The first-order valence-corrected chi connectivity index (χ1v) is 4.61. The average Bonchev–Trinajstić information content (AvgIpc) is 2.16. The quantitative estimate of drug-likeness (QED) is 0.759. The van der Waals surface area contributed by atoms with Crippen molar-refractivity contribution in [2.24, 2.45) is 0 Å². The molecule has 1 aromatic carbocycles. The van der Waals surface area contributed by atoms with Gasteiger partial charge in [-0.3, -0.25) is 0 Å². The summed E-state index contributed by atoms with van der Waals surface area (Å²) >= 11 is 5.55. The number of aliphatic hydroxyl groups excluding tert-OH is 1.